The van der Waals surface area contributed by atoms with Crippen LogP contribution in [0.1, 0.15) is 5.69 Å². The number of allylic oxidation sites excluding steroid dienone is 2. The lowest BCUT2D eigenvalue weighted by Crippen LogP contribution is -2.28. The van der Waals surface area contributed by atoms with Gasteiger partial charge in [0.25, 0.3) is 0 Å². The fraction of sp³-hybridized carbons (Fsp3) is 0.100. The van der Waals surface area contributed by atoms with Gasteiger partial charge in [-0.2, -0.15) is 0 Å². The van der Waals surface area contributed by atoms with E-state index < -0.39 is 0 Å². The molecule has 0 saturated carbocycles. The highest BCUT2D eigenvalue weighted by atomic mass is 14.7. The molecule has 0 amide bonds. The lowest BCUT2D eigenvalue weighted by Gasteiger charge is -1.86. The highest BCUT2D eigenvalue weighted by Gasteiger charge is 1.98. The van der Waals surface area contributed by atoms with Crippen LogP contribution in [0.2, 0.25) is 0 Å². The van der Waals surface area contributed by atoms with Crippen molar-refractivity contribution in [3.63, 3.8) is 0 Å². The van der Waals surface area contributed by atoms with Gasteiger partial charge in [0.1, 0.15) is 11.3 Å². The molecule has 0 bridgehead atoms. The summed E-state index contributed by atoms with van der Waals surface area (Å²) in [5.74, 6) is 0. The Labute approximate surface area is 65.4 Å². The van der Waals surface area contributed by atoms with Crippen molar-refractivity contribution < 1.29 is 0 Å². The zero-order valence-electron chi connectivity index (χ0n) is 6.33. The third-order valence-corrected chi connectivity index (χ3v) is 1.66. The number of hydrogen-bond donors (Lipinski definition) is 0. The van der Waals surface area contributed by atoms with Gasteiger partial charge in [-0.25, -0.2) is 4.98 Å². The molecule has 1 aromatic heterocycles. The van der Waals surface area contributed by atoms with Gasteiger partial charge < -0.3 is 0 Å². The van der Waals surface area contributed by atoms with Crippen LogP contribution in [-0.2, 0) is 0 Å². The Morgan fingerprint density at radius 2 is 2.27 bits per heavy atom. The van der Waals surface area contributed by atoms with Crippen LogP contribution in [0.3, 0.4) is 0 Å². The van der Waals surface area contributed by atoms with Gasteiger partial charge in [-0.15, -0.1) is 0 Å². The van der Waals surface area contributed by atoms with Crippen molar-refractivity contribution in [2.75, 3.05) is 0 Å². The molecule has 1 heterocycles. The number of rotatable bonds is 0. The summed E-state index contributed by atoms with van der Waals surface area (Å²) < 4.78 is 0. The number of aryl methyl sites for hydroxylation is 1. The summed E-state index contributed by atoms with van der Waals surface area (Å²) in [6, 6.07) is 4.07. The molecule has 11 heavy (non-hydrogen) atoms. The van der Waals surface area contributed by atoms with Gasteiger partial charge in [0, 0.05) is 17.8 Å². The smallest absolute Gasteiger partial charge is 0.218 e. The Hall–Kier alpha value is -1.46. The van der Waals surface area contributed by atoms with Crippen LogP contribution in [0.4, 0.5) is 0 Å². The largest absolute Gasteiger partial charge is 0.236 e. The molecule has 1 aliphatic rings. The molecule has 0 atom stereocenters. The van der Waals surface area contributed by atoms with E-state index in [-0.39, 0.29) is 0 Å². The van der Waals surface area contributed by atoms with Gasteiger partial charge in [-0.05, 0) is 13.0 Å². The summed E-state index contributed by atoms with van der Waals surface area (Å²) in [5.41, 5.74) is 1.04. The SMILES string of the molecule is Cc1ccc2c(n1)=[C+]C=CC=2. The highest BCUT2D eigenvalue weighted by molar-refractivity contribution is 5.50. The van der Waals surface area contributed by atoms with Crippen molar-refractivity contribution in [2.45, 2.75) is 6.92 Å². The molecule has 0 spiro atoms. The average molecular weight is 142 g/mol. The molecule has 1 aliphatic carbocycles. The van der Waals surface area contributed by atoms with E-state index in [0.29, 0.717) is 0 Å². The van der Waals surface area contributed by atoms with Crippen molar-refractivity contribution in [3.8, 4) is 0 Å². The zero-order valence-corrected chi connectivity index (χ0v) is 6.33. The van der Waals surface area contributed by atoms with Gasteiger partial charge in [-0.3, -0.25) is 0 Å². The summed E-state index contributed by atoms with van der Waals surface area (Å²) in [5, 5.41) is 2.10. The minimum Gasteiger partial charge on any atom is -0.218 e. The predicted molar refractivity (Wildman–Crippen MR) is 45.2 cm³/mol. The molecule has 0 unspecified atom stereocenters. The van der Waals surface area contributed by atoms with E-state index in [1.807, 2.05) is 31.2 Å². The molecule has 52 valence electrons. The van der Waals surface area contributed by atoms with Gasteiger partial charge >= 0.3 is 0 Å². The molecule has 1 nitrogen and oxygen atoms in total. The van der Waals surface area contributed by atoms with Crippen LogP contribution in [0, 0.1) is 6.92 Å². The molecular weight excluding hydrogens is 134 g/mol. The molecule has 0 aromatic carbocycles. The Morgan fingerprint density at radius 1 is 1.36 bits per heavy atom. The van der Waals surface area contributed by atoms with E-state index in [4.69, 9.17) is 0 Å². The van der Waals surface area contributed by atoms with Gasteiger partial charge in [0.05, 0.1) is 12.2 Å². The third kappa shape index (κ3) is 1.06. The number of pyridine rings is 1. The standard InChI is InChI=1S/C10H8N/c1-8-6-7-9-4-2-3-5-10(9)11-8/h2-4,6-7H,1H3/q+1. The van der Waals surface area contributed by atoms with E-state index in [0.717, 1.165) is 16.3 Å². The summed E-state index contributed by atoms with van der Waals surface area (Å²) >= 11 is 0. The minimum atomic E-state index is 0.951. The molecule has 0 radical (unpaired) electrons. The first kappa shape index (κ1) is 6.26. The minimum absolute atomic E-state index is 0.951. The second-order valence-corrected chi connectivity index (χ2v) is 2.56. The number of hydrogen-bond acceptors (Lipinski definition) is 1. The molecule has 0 saturated heterocycles. The van der Waals surface area contributed by atoms with Crippen LogP contribution >= 0.6 is 0 Å². The van der Waals surface area contributed by atoms with Crippen LogP contribution in [0.25, 0.3) is 12.2 Å². The van der Waals surface area contributed by atoms with Gasteiger partial charge in [-0.1, -0.05) is 0 Å². The van der Waals surface area contributed by atoms with E-state index >= 15 is 0 Å². The Balaban J connectivity index is 2.86. The lowest BCUT2D eigenvalue weighted by molar-refractivity contribution is 1.13. The molecule has 1 aromatic rings. The fourth-order valence-electron chi connectivity index (χ4n) is 1.10. The first-order valence-electron chi connectivity index (χ1n) is 3.60. The lowest BCUT2D eigenvalue weighted by atomic mass is 10.2. The normalized spacial score (nSPS) is 12.5. The van der Waals surface area contributed by atoms with E-state index in [1.54, 1.807) is 0 Å². The molecule has 0 N–H and O–H groups in total. The maximum atomic E-state index is 4.32. The van der Waals surface area contributed by atoms with E-state index in [2.05, 4.69) is 17.1 Å². The zero-order chi connectivity index (χ0) is 7.68. The summed E-state index contributed by atoms with van der Waals surface area (Å²) in [4.78, 5) is 4.32. The van der Waals surface area contributed by atoms with E-state index in [1.165, 1.54) is 0 Å². The number of fused-ring (bicyclic) bond motifs is 1. The monoisotopic (exact) mass is 142 g/mol. The number of aromatic nitrogens is 1. The van der Waals surface area contributed by atoms with Crippen molar-refractivity contribution in [3.05, 3.63) is 40.5 Å². The van der Waals surface area contributed by atoms with E-state index in [9.17, 15) is 0 Å². The fourth-order valence-corrected chi connectivity index (χ4v) is 1.10. The Bertz CT molecular complexity index is 413. The van der Waals surface area contributed by atoms with Crippen LogP contribution in [0.15, 0.2) is 24.3 Å². The molecule has 2 rings (SSSR count). The summed E-state index contributed by atoms with van der Waals surface area (Å²) in [7, 11) is 0. The summed E-state index contributed by atoms with van der Waals surface area (Å²) in [6.07, 6.45) is 8.98. The predicted octanol–water partition coefficient (Wildman–Crippen LogP) is 0.398. The Kier molecular flexibility index (Phi) is 1.31. The maximum Gasteiger partial charge on any atom is 0.236 e. The summed E-state index contributed by atoms with van der Waals surface area (Å²) in [6.45, 7) is 1.99. The van der Waals surface area contributed by atoms with Crippen molar-refractivity contribution in [1.82, 2.24) is 4.98 Å². The van der Waals surface area contributed by atoms with Gasteiger partial charge in [0.2, 0.25) is 5.35 Å². The van der Waals surface area contributed by atoms with Crippen LogP contribution < -0.4 is 10.6 Å². The van der Waals surface area contributed by atoms with Crippen molar-refractivity contribution in [1.29, 1.82) is 0 Å². The third-order valence-electron chi connectivity index (χ3n) is 1.66. The van der Waals surface area contributed by atoms with Gasteiger partial charge in [0.15, 0.2) is 0 Å². The van der Waals surface area contributed by atoms with Crippen LogP contribution in [0.5, 0.6) is 0 Å². The van der Waals surface area contributed by atoms with Crippen molar-refractivity contribution in [2.24, 2.45) is 0 Å². The highest BCUT2D eigenvalue weighted by Crippen LogP contribution is 1.85. The Morgan fingerprint density at radius 3 is 3.18 bits per heavy atom. The first-order valence-corrected chi connectivity index (χ1v) is 3.60. The maximum absolute atomic E-state index is 4.32. The van der Waals surface area contributed by atoms with Crippen molar-refractivity contribution >= 4 is 12.2 Å². The first-order chi connectivity index (χ1) is 5.36. The molecule has 1 heteroatoms. The molecule has 0 aliphatic heterocycles. The number of nitrogens with zero attached hydrogens (tertiary/aromatic N) is 1. The quantitative estimate of drug-likeness (QED) is 0.478. The second-order valence-electron chi connectivity index (χ2n) is 2.56. The molecule has 0 fully saturated rings. The topological polar surface area (TPSA) is 12.9 Å². The average Bonchev–Trinajstić information content (AvgIpc) is 2.04. The molecular formula is C10H8N+. The second kappa shape index (κ2) is 2.30. The van der Waals surface area contributed by atoms with Crippen LogP contribution in [-0.4, -0.2) is 4.98 Å².